The Hall–Kier alpha value is -2.29. The van der Waals surface area contributed by atoms with Gasteiger partial charge in [-0.05, 0) is 93.1 Å². The lowest BCUT2D eigenvalue weighted by atomic mass is 9.93. The number of benzene rings is 3. The van der Waals surface area contributed by atoms with E-state index in [9.17, 15) is 8.42 Å². The Morgan fingerprint density at radius 3 is 2.08 bits per heavy atom. The predicted molar refractivity (Wildman–Crippen MR) is 160 cm³/mol. The SMILES string of the molecule is CC(C)(Cc1ccc2ccccc2c1)NCCO.O=S(=O)(c1ccc(CN2CCCC2)cc1)N1CCCCC1. The average molecular weight is 552 g/mol. The van der Waals surface area contributed by atoms with Gasteiger partial charge in [-0.1, -0.05) is 61.0 Å². The Kier molecular flexibility index (Phi) is 10.6. The van der Waals surface area contributed by atoms with Crippen LogP contribution in [0.3, 0.4) is 0 Å². The van der Waals surface area contributed by atoms with Gasteiger partial charge in [-0.25, -0.2) is 8.42 Å². The summed E-state index contributed by atoms with van der Waals surface area (Å²) in [6.45, 7) is 9.73. The standard InChI is InChI=1S/C16H24N2O2S.C16H21NO/c19-21(20,18-12-2-1-3-13-18)16-8-6-15(7-9-16)14-17-10-4-5-11-17;1-16(2,17-9-10-18)12-13-7-8-14-5-3-4-6-15(14)11-13/h6-9H,1-5,10-14H2;3-8,11,17-18H,9-10,12H2,1-2H3. The highest BCUT2D eigenvalue weighted by Gasteiger charge is 2.25. The van der Waals surface area contributed by atoms with Crippen molar-refractivity contribution in [3.05, 3.63) is 77.9 Å². The zero-order valence-electron chi connectivity index (χ0n) is 23.6. The fourth-order valence-electron chi connectivity index (χ4n) is 5.54. The molecule has 0 atom stereocenters. The number of sulfonamides is 1. The Morgan fingerprint density at radius 2 is 1.41 bits per heavy atom. The van der Waals surface area contributed by atoms with Crippen LogP contribution in [0.15, 0.2) is 71.6 Å². The van der Waals surface area contributed by atoms with E-state index in [1.807, 2.05) is 12.1 Å². The number of hydrogen-bond acceptors (Lipinski definition) is 5. The summed E-state index contributed by atoms with van der Waals surface area (Å²) in [5, 5.41) is 14.8. The Bertz CT molecular complexity index is 1280. The normalized spacial score (nSPS) is 17.2. The van der Waals surface area contributed by atoms with Crippen molar-refractivity contribution in [2.24, 2.45) is 0 Å². The Balaban J connectivity index is 0.000000183. The second kappa shape index (κ2) is 13.9. The van der Waals surface area contributed by atoms with Gasteiger partial charge in [0.05, 0.1) is 11.5 Å². The molecule has 0 spiro atoms. The molecule has 7 heteroatoms. The van der Waals surface area contributed by atoms with Crippen molar-refractivity contribution >= 4 is 20.8 Å². The molecule has 3 aromatic carbocycles. The molecule has 0 bridgehead atoms. The predicted octanol–water partition coefficient (Wildman–Crippen LogP) is 5.20. The number of β-amino-alcohol motifs (C(OH)–C–C–N with tert-alkyl or cyclic N) is 1. The number of hydrogen-bond donors (Lipinski definition) is 2. The maximum atomic E-state index is 12.6. The molecule has 3 aromatic rings. The highest BCUT2D eigenvalue weighted by molar-refractivity contribution is 7.89. The zero-order chi connectivity index (χ0) is 27.7. The summed E-state index contributed by atoms with van der Waals surface area (Å²) in [5.74, 6) is 0. The molecule has 0 amide bonds. The third-order valence-electron chi connectivity index (χ3n) is 7.66. The van der Waals surface area contributed by atoms with Gasteiger partial charge in [-0.2, -0.15) is 4.31 Å². The largest absolute Gasteiger partial charge is 0.395 e. The van der Waals surface area contributed by atoms with Crippen molar-refractivity contribution < 1.29 is 13.5 Å². The van der Waals surface area contributed by atoms with E-state index < -0.39 is 10.0 Å². The van der Waals surface area contributed by atoms with E-state index in [2.05, 4.69) is 66.5 Å². The van der Waals surface area contributed by atoms with Crippen molar-refractivity contribution in [2.45, 2.75) is 69.4 Å². The molecule has 6 nitrogen and oxygen atoms in total. The molecule has 0 radical (unpaired) electrons. The number of nitrogens with zero attached hydrogens (tertiary/aromatic N) is 2. The molecule has 212 valence electrons. The van der Waals surface area contributed by atoms with Crippen LogP contribution in [0.4, 0.5) is 0 Å². The summed E-state index contributed by atoms with van der Waals surface area (Å²) in [6.07, 6.45) is 6.61. The molecule has 2 heterocycles. The molecule has 0 unspecified atom stereocenters. The topological polar surface area (TPSA) is 72.9 Å². The minimum absolute atomic E-state index is 0.00515. The first kappa shape index (κ1) is 29.7. The minimum Gasteiger partial charge on any atom is -0.395 e. The molecule has 0 aromatic heterocycles. The van der Waals surface area contributed by atoms with Gasteiger partial charge in [-0.3, -0.25) is 4.90 Å². The van der Waals surface area contributed by atoms with Crippen LogP contribution in [0.25, 0.3) is 10.8 Å². The number of fused-ring (bicyclic) bond motifs is 1. The lowest BCUT2D eigenvalue weighted by molar-refractivity contribution is 0.265. The first-order chi connectivity index (χ1) is 18.8. The van der Waals surface area contributed by atoms with E-state index >= 15 is 0 Å². The molecule has 0 saturated carbocycles. The van der Waals surface area contributed by atoms with Gasteiger partial charge in [0.25, 0.3) is 0 Å². The van der Waals surface area contributed by atoms with E-state index in [1.54, 1.807) is 16.4 Å². The second-order valence-corrected chi connectivity index (χ2v) is 13.4. The highest BCUT2D eigenvalue weighted by Crippen LogP contribution is 2.22. The van der Waals surface area contributed by atoms with Crippen LogP contribution in [0.5, 0.6) is 0 Å². The average Bonchev–Trinajstić information content (AvgIpc) is 3.46. The van der Waals surface area contributed by atoms with E-state index in [0.29, 0.717) is 24.5 Å². The first-order valence-corrected chi connectivity index (χ1v) is 15.9. The molecule has 2 fully saturated rings. The summed E-state index contributed by atoms with van der Waals surface area (Å²) in [4.78, 5) is 2.86. The minimum atomic E-state index is -3.29. The number of piperidine rings is 1. The number of likely N-dealkylation sites (tertiary alicyclic amines) is 1. The van der Waals surface area contributed by atoms with Crippen molar-refractivity contribution in [3.8, 4) is 0 Å². The van der Waals surface area contributed by atoms with E-state index in [1.165, 1.54) is 34.7 Å². The number of aliphatic hydroxyl groups is 1. The summed E-state index contributed by atoms with van der Waals surface area (Å²) in [7, 11) is -3.29. The quantitative estimate of drug-likeness (QED) is 0.383. The fourth-order valence-corrected chi connectivity index (χ4v) is 7.05. The number of nitrogens with one attached hydrogen (secondary N) is 1. The monoisotopic (exact) mass is 551 g/mol. The summed E-state index contributed by atoms with van der Waals surface area (Å²) in [5.41, 5.74) is 2.53. The fraction of sp³-hybridized carbons (Fsp3) is 0.500. The van der Waals surface area contributed by atoms with Crippen molar-refractivity contribution in [1.82, 2.24) is 14.5 Å². The van der Waals surface area contributed by atoms with Gasteiger partial charge in [0.15, 0.2) is 0 Å². The van der Waals surface area contributed by atoms with Crippen LogP contribution in [-0.4, -0.2) is 67.6 Å². The molecule has 2 aliphatic heterocycles. The van der Waals surface area contributed by atoms with Gasteiger partial charge < -0.3 is 10.4 Å². The Morgan fingerprint density at radius 1 is 0.795 bits per heavy atom. The van der Waals surface area contributed by atoms with Gasteiger partial charge >= 0.3 is 0 Å². The maximum Gasteiger partial charge on any atom is 0.243 e. The van der Waals surface area contributed by atoms with Crippen LogP contribution < -0.4 is 5.32 Å². The van der Waals surface area contributed by atoms with Crippen molar-refractivity contribution in [3.63, 3.8) is 0 Å². The van der Waals surface area contributed by atoms with Crippen LogP contribution in [0.2, 0.25) is 0 Å². The Labute approximate surface area is 235 Å². The molecule has 2 saturated heterocycles. The smallest absolute Gasteiger partial charge is 0.243 e. The summed E-state index contributed by atoms with van der Waals surface area (Å²) in [6, 6.07) is 22.5. The highest BCUT2D eigenvalue weighted by atomic mass is 32.2. The summed E-state index contributed by atoms with van der Waals surface area (Å²) >= 11 is 0. The molecule has 0 aliphatic carbocycles. The van der Waals surface area contributed by atoms with Crippen LogP contribution >= 0.6 is 0 Å². The second-order valence-electron chi connectivity index (χ2n) is 11.5. The zero-order valence-corrected chi connectivity index (χ0v) is 24.4. The number of rotatable bonds is 9. The van der Waals surface area contributed by atoms with Crippen molar-refractivity contribution in [1.29, 1.82) is 0 Å². The van der Waals surface area contributed by atoms with Gasteiger partial charge in [0.1, 0.15) is 0 Å². The van der Waals surface area contributed by atoms with E-state index in [0.717, 1.165) is 45.3 Å². The number of aliphatic hydroxyl groups excluding tert-OH is 1. The van der Waals surface area contributed by atoms with Crippen LogP contribution in [-0.2, 0) is 23.0 Å². The van der Waals surface area contributed by atoms with Crippen molar-refractivity contribution in [2.75, 3.05) is 39.3 Å². The van der Waals surface area contributed by atoms with Gasteiger partial charge in [-0.15, -0.1) is 0 Å². The third kappa shape index (κ3) is 8.60. The molecular formula is C32H45N3O3S. The summed E-state index contributed by atoms with van der Waals surface area (Å²) < 4.78 is 26.7. The van der Waals surface area contributed by atoms with Crippen LogP contribution in [0, 0.1) is 0 Å². The lowest BCUT2D eigenvalue weighted by Crippen LogP contribution is -2.42. The van der Waals surface area contributed by atoms with Crippen LogP contribution in [0.1, 0.15) is 57.1 Å². The van der Waals surface area contributed by atoms with E-state index in [-0.39, 0.29) is 12.1 Å². The van der Waals surface area contributed by atoms with Gasteiger partial charge in [0.2, 0.25) is 10.0 Å². The molecular weight excluding hydrogens is 506 g/mol. The molecule has 2 aliphatic rings. The lowest BCUT2D eigenvalue weighted by Gasteiger charge is -2.26. The van der Waals surface area contributed by atoms with E-state index in [4.69, 9.17) is 5.11 Å². The third-order valence-corrected chi connectivity index (χ3v) is 9.57. The molecule has 5 rings (SSSR count). The molecule has 39 heavy (non-hydrogen) atoms. The first-order valence-electron chi connectivity index (χ1n) is 14.4. The maximum absolute atomic E-state index is 12.6. The molecule has 2 N–H and O–H groups in total. The van der Waals surface area contributed by atoms with Gasteiger partial charge in [0, 0.05) is 31.7 Å².